The van der Waals surface area contributed by atoms with Crippen molar-refractivity contribution in [2.75, 3.05) is 0 Å². The van der Waals surface area contributed by atoms with Crippen LogP contribution in [0.4, 0.5) is 0 Å². The summed E-state index contributed by atoms with van der Waals surface area (Å²) in [5, 5.41) is 3.21. The molecule has 2 rings (SSSR count). The van der Waals surface area contributed by atoms with E-state index in [1.165, 1.54) is 0 Å². The van der Waals surface area contributed by atoms with Gasteiger partial charge in [-0.25, -0.2) is 0 Å². The molecule has 14 heavy (non-hydrogen) atoms. The van der Waals surface area contributed by atoms with Crippen LogP contribution in [0.1, 0.15) is 12.5 Å². The smallest absolute Gasteiger partial charge is 0.214 e. The minimum absolute atomic E-state index is 0.192. The van der Waals surface area contributed by atoms with E-state index in [1.807, 2.05) is 37.3 Å². The fraction of sp³-hybridized carbons (Fsp3) is 0.400. The lowest BCUT2D eigenvalue weighted by Crippen LogP contribution is -2.31. The van der Waals surface area contributed by atoms with Crippen LogP contribution in [-0.4, -0.2) is 9.83 Å². The van der Waals surface area contributed by atoms with Crippen LogP contribution in [0.15, 0.2) is 30.3 Å². The van der Waals surface area contributed by atoms with Crippen molar-refractivity contribution in [3.05, 3.63) is 35.9 Å². The number of benzene rings is 1. The van der Waals surface area contributed by atoms with Gasteiger partial charge in [0.2, 0.25) is 3.79 Å². The molecule has 0 saturated carbocycles. The standard InChI is InChI=1S/C10H10Cl3N/c1-7-9(14-7,10(11,12)13)8-5-3-2-4-6-8/h2-7,14H,1H3/t7-,9+/m0/s1. The molecule has 1 aliphatic heterocycles. The summed E-state index contributed by atoms with van der Waals surface area (Å²) in [7, 11) is 0. The zero-order valence-electron chi connectivity index (χ0n) is 7.60. The van der Waals surface area contributed by atoms with Crippen LogP contribution in [0, 0.1) is 0 Å². The molecule has 0 aromatic heterocycles. The van der Waals surface area contributed by atoms with Gasteiger partial charge in [-0.2, -0.15) is 0 Å². The van der Waals surface area contributed by atoms with Crippen molar-refractivity contribution in [1.29, 1.82) is 0 Å². The minimum atomic E-state index is -1.31. The molecule has 1 fully saturated rings. The summed E-state index contributed by atoms with van der Waals surface area (Å²) in [5.41, 5.74) is 0.506. The van der Waals surface area contributed by atoms with Gasteiger partial charge in [0.1, 0.15) is 5.54 Å². The van der Waals surface area contributed by atoms with Crippen molar-refractivity contribution in [3.63, 3.8) is 0 Å². The Bertz CT molecular complexity index is 333. The fourth-order valence-corrected chi connectivity index (χ4v) is 2.81. The Labute approximate surface area is 98.3 Å². The van der Waals surface area contributed by atoms with Crippen molar-refractivity contribution >= 4 is 34.8 Å². The summed E-state index contributed by atoms with van der Waals surface area (Å²) < 4.78 is -1.31. The second kappa shape index (κ2) is 3.28. The Kier molecular flexibility index (Phi) is 2.47. The number of hydrogen-bond acceptors (Lipinski definition) is 1. The summed E-state index contributed by atoms with van der Waals surface area (Å²) in [6, 6.07) is 9.97. The highest BCUT2D eigenvalue weighted by molar-refractivity contribution is 6.68. The van der Waals surface area contributed by atoms with Crippen molar-refractivity contribution in [1.82, 2.24) is 5.32 Å². The highest BCUT2D eigenvalue weighted by atomic mass is 35.6. The molecule has 1 aromatic rings. The molecule has 0 bridgehead atoms. The SMILES string of the molecule is C[C@@H]1N[C@]1(c1ccccc1)C(Cl)(Cl)Cl. The molecule has 0 unspecified atom stereocenters. The van der Waals surface area contributed by atoms with E-state index >= 15 is 0 Å². The maximum atomic E-state index is 5.99. The average Bonchev–Trinajstić information content (AvgIpc) is 2.79. The molecule has 0 radical (unpaired) electrons. The van der Waals surface area contributed by atoms with E-state index in [1.54, 1.807) is 0 Å². The van der Waals surface area contributed by atoms with Gasteiger partial charge in [-0.1, -0.05) is 65.1 Å². The van der Waals surface area contributed by atoms with Crippen LogP contribution >= 0.6 is 34.8 Å². The van der Waals surface area contributed by atoms with Gasteiger partial charge < -0.3 is 0 Å². The quantitative estimate of drug-likeness (QED) is 0.600. The van der Waals surface area contributed by atoms with Crippen LogP contribution in [0.5, 0.6) is 0 Å². The lowest BCUT2D eigenvalue weighted by molar-refractivity contribution is 0.669. The van der Waals surface area contributed by atoms with Gasteiger partial charge in [0.15, 0.2) is 0 Å². The minimum Gasteiger partial charge on any atom is -0.298 e. The zero-order chi connectivity index (χ0) is 10.4. The second-order valence-electron chi connectivity index (χ2n) is 3.54. The predicted octanol–water partition coefficient (Wildman–Crippen LogP) is 3.24. The molecule has 1 N–H and O–H groups in total. The number of nitrogens with one attached hydrogen (secondary N) is 1. The van der Waals surface area contributed by atoms with Gasteiger partial charge in [-0.05, 0) is 12.5 Å². The highest BCUT2D eigenvalue weighted by Crippen LogP contribution is 2.54. The van der Waals surface area contributed by atoms with E-state index in [0.29, 0.717) is 0 Å². The highest BCUT2D eigenvalue weighted by Gasteiger charge is 2.64. The Morgan fingerprint density at radius 2 is 1.71 bits per heavy atom. The third-order valence-electron chi connectivity index (χ3n) is 2.69. The molecule has 1 aliphatic rings. The van der Waals surface area contributed by atoms with Crippen LogP contribution in [0.25, 0.3) is 0 Å². The van der Waals surface area contributed by atoms with Gasteiger partial charge in [-0.15, -0.1) is 0 Å². The molecular formula is C10H10Cl3N. The fourth-order valence-electron chi connectivity index (χ4n) is 1.83. The monoisotopic (exact) mass is 249 g/mol. The summed E-state index contributed by atoms with van der Waals surface area (Å²) >= 11 is 18.0. The molecule has 76 valence electrons. The zero-order valence-corrected chi connectivity index (χ0v) is 9.87. The first-order valence-electron chi connectivity index (χ1n) is 4.38. The van der Waals surface area contributed by atoms with Gasteiger partial charge in [0, 0.05) is 6.04 Å². The molecule has 0 amide bonds. The van der Waals surface area contributed by atoms with E-state index in [4.69, 9.17) is 34.8 Å². The first-order chi connectivity index (χ1) is 6.48. The summed E-state index contributed by atoms with van der Waals surface area (Å²) in [6.07, 6.45) is 0. The molecule has 0 aliphatic carbocycles. The average molecular weight is 251 g/mol. The van der Waals surface area contributed by atoms with Crippen molar-refractivity contribution in [2.45, 2.75) is 22.3 Å². The molecule has 4 heteroatoms. The molecular weight excluding hydrogens is 240 g/mol. The Hall–Kier alpha value is 0.0500. The Morgan fingerprint density at radius 3 is 2.07 bits per heavy atom. The van der Waals surface area contributed by atoms with E-state index in [0.717, 1.165) is 5.56 Å². The Balaban J connectivity index is 2.42. The number of rotatable bonds is 1. The second-order valence-corrected chi connectivity index (χ2v) is 5.82. The van der Waals surface area contributed by atoms with Gasteiger partial charge >= 0.3 is 0 Å². The molecule has 1 saturated heterocycles. The van der Waals surface area contributed by atoms with E-state index in [9.17, 15) is 0 Å². The van der Waals surface area contributed by atoms with E-state index in [2.05, 4.69) is 5.32 Å². The van der Waals surface area contributed by atoms with Crippen LogP contribution in [0.2, 0.25) is 0 Å². The summed E-state index contributed by atoms with van der Waals surface area (Å²) in [4.78, 5) is 0. The van der Waals surface area contributed by atoms with Crippen molar-refractivity contribution in [2.24, 2.45) is 0 Å². The van der Waals surface area contributed by atoms with E-state index < -0.39 is 9.33 Å². The lowest BCUT2D eigenvalue weighted by Gasteiger charge is -2.23. The summed E-state index contributed by atoms with van der Waals surface area (Å²) in [6.45, 7) is 2.01. The third-order valence-corrected chi connectivity index (χ3v) is 3.58. The normalized spacial score (nSPS) is 31.6. The molecule has 1 heterocycles. The topological polar surface area (TPSA) is 21.9 Å². The maximum Gasteiger partial charge on any atom is 0.214 e. The van der Waals surface area contributed by atoms with Crippen LogP contribution in [-0.2, 0) is 5.54 Å². The first kappa shape index (κ1) is 10.6. The molecule has 1 aromatic carbocycles. The largest absolute Gasteiger partial charge is 0.298 e. The van der Waals surface area contributed by atoms with Crippen molar-refractivity contribution < 1.29 is 0 Å². The maximum absolute atomic E-state index is 5.99. The van der Waals surface area contributed by atoms with Crippen molar-refractivity contribution in [3.8, 4) is 0 Å². The molecule has 0 spiro atoms. The van der Waals surface area contributed by atoms with E-state index in [-0.39, 0.29) is 6.04 Å². The molecule has 2 atom stereocenters. The first-order valence-corrected chi connectivity index (χ1v) is 5.52. The summed E-state index contributed by atoms with van der Waals surface area (Å²) in [5.74, 6) is 0. The third kappa shape index (κ3) is 1.43. The number of halogens is 3. The van der Waals surface area contributed by atoms with Gasteiger partial charge in [-0.3, -0.25) is 5.32 Å². The predicted molar refractivity (Wildman–Crippen MR) is 61.0 cm³/mol. The Morgan fingerprint density at radius 1 is 1.21 bits per heavy atom. The van der Waals surface area contributed by atoms with Gasteiger partial charge in [0.25, 0.3) is 0 Å². The van der Waals surface area contributed by atoms with Crippen LogP contribution < -0.4 is 5.32 Å². The number of alkyl halides is 3. The number of hydrogen-bond donors (Lipinski definition) is 1. The van der Waals surface area contributed by atoms with Gasteiger partial charge in [0.05, 0.1) is 0 Å². The van der Waals surface area contributed by atoms with Crippen LogP contribution in [0.3, 0.4) is 0 Å². The lowest BCUT2D eigenvalue weighted by atomic mass is 9.97. The molecule has 1 nitrogen and oxygen atoms in total.